The zero-order valence-corrected chi connectivity index (χ0v) is 9.02. The van der Waals surface area contributed by atoms with Gasteiger partial charge in [0.1, 0.15) is 0 Å². The molecule has 0 aliphatic rings. The van der Waals surface area contributed by atoms with Crippen LogP contribution in [0.3, 0.4) is 0 Å². The molecule has 1 rings (SSSR count). The van der Waals surface area contributed by atoms with Crippen LogP contribution in [-0.4, -0.2) is 0 Å². The Morgan fingerprint density at radius 2 is 1.92 bits per heavy atom. The number of hydrogen-bond donors (Lipinski definition) is 1. The van der Waals surface area contributed by atoms with Crippen LogP contribution in [0.4, 0.5) is 5.69 Å². The molecule has 0 unspecified atom stereocenters. The summed E-state index contributed by atoms with van der Waals surface area (Å²) < 4.78 is 0. The van der Waals surface area contributed by atoms with Gasteiger partial charge in [-0.05, 0) is 36.0 Å². The van der Waals surface area contributed by atoms with E-state index in [0.29, 0.717) is 5.92 Å². The monoisotopic (exact) mass is 177 g/mol. The largest absolute Gasteiger partial charge is 0.398 e. The molecule has 0 heterocycles. The van der Waals surface area contributed by atoms with Gasteiger partial charge in [-0.15, -0.1) is 0 Å². The molecule has 0 saturated carbocycles. The Morgan fingerprint density at radius 3 is 2.38 bits per heavy atom. The average Bonchev–Trinajstić information content (AvgIpc) is 2.09. The topological polar surface area (TPSA) is 26.0 Å². The van der Waals surface area contributed by atoms with Crippen molar-refractivity contribution in [1.29, 1.82) is 0 Å². The van der Waals surface area contributed by atoms with Gasteiger partial charge >= 0.3 is 0 Å². The average molecular weight is 177 g/mol. The van der Waals surface area contributed by atoms with Crippen molar-refractivity contribution >= 4 is 5.69 Å². The van der Waals surface area contributed by atoms with Crippen molar-refractivity contribution in [1.82, 2.24) is 0 Å². The summed E-state index contributed by atoms with van der Waals surface area (Å²) in [6.07, 6.45) is 1.02. The number of benzene rings is 1. The summed E-state index contributed by atoms with van der Waals surface area (Å²) >= 11 is 0. The van der Waals surface area contributed by atoms with Gasteiger partial charge in [-0.2, -0.15) is 0 Å². The van der Waals surface area contributed by atoms with E-state index in [0.717, 1.165) is 12.1 Å². The van der Waals surface area contributed by atoms with Crippen LogP contribution in [0.15, 0.2) is 12.1 Å². The fraction of sp³-hybridized carbons (Fsp3) is 0.500. The van der Waals surface area contributed by atoms with E-state index in [4.69, 9.17) is 5.73 Å². The highest BCUT2D eigenvalue weighted by atomic mass is 14.6. The van der Waals surface area contributed by atoms with Crippen LogP contribution in [0.5, 0.6) is 0 Å². The Bertz CT molecular complexity index is 300. The van der Waals surface area contributed by atoms with Crippen molar-refractivity contribution in [3.8, 4) is 0 Å². The molecule has 0 aromatic heterocycles. The van der Waals surface area contributed by atoms with Crippen molar-refractivity contribution in [3.05, 3.63) is 28.8 Å². The van der Waals surface area contributed by atoms with Crippen LogP contribution in [0.1, 0.15) is 43.4 Å². The lowest BCUT2D eigenvalue weighted by molar-refractivity contribution is 0.861. The maximum atomic E-state index is 5.96. The minimum atomic E-state index is 0.588. The number of nitrogens with two attached hydrogens (primary N) is 1. The molecule has 0 spiro atoms. The maximum Gasteiger partial charge on any atom is 0.0376 e. The molecule has 0 atom stereocenters. The van der Waals surface area contributed by atoms with Crippen molar-refractivity contribution in [2.45, 2.75) is 40.0 Å². The third-order valence-electron chi connectivity index (χ3n) is 2.54. The minimum absolute atomic E-state index is 0.588. The highest BCUT2D eigenvalue weighted by Crippen LogP contribution is 2.24. The van der Waals surface area contributed by atoms with Gasteiger partial charge in [0.15, 0.2) is 0 Å². The summed E-state index contributed by atoms with van der Waals surface area (Å²) in [7, 11) is 0. The Morgan fingerprint density at radius 1 is 1.31 bits per heavy atom. The van der Waals surface area contributed by atoms with E-state index in [-0.39, 0.29) is 0 Å². The van der Waals surface area contributed by atoms with E-state index in [2.05, 4.69) is 39.8 Å². The smallest absolute Gasteiger partial charge is 0.0376 e. The second-order valence-electron chi connectivity index (χ2n) is 3.92. The Labute approximate surface area is 81.0 Å². The molecule has 72 valence electrons. The quantitative estimate of drug-likeness (QED) is 0.689. The lowest BCUT2D eigenvalue weighted by atomic mass is 9.96. The van der Waals surface area contributed by atoms with Gasteiger partial charge < -0.3 is 5.73 Å². The number of nitrogen functional groups attached to an aromatic ring is 1. The van der Waals surface area contributed by atoms with Crippen molar-refractivity contribution in [2.75, 3.05) is 5.73 Å². The van der Waals surface area contributed by atoms with E-state index in [1.807, 2.05) is 0 Å². The Kier molecular flexibility index (Phi) is 2.97. The predicted molar refractivity (Wildman–Crippen MR) is 59.1 cm³/mol. The fourth-order valence-corrected chi connectivity index (χ4v) is 1.53. The van der Waals surface area contributed by atoms with Gasteiger partial charge in [0.2, 0.25) is 0 Å². The van der Waals surface area contributed by atoms with E-state index >= 15 is 0 Å². The molecule has 0 bridgehead atoms. The van der Waals surface area contributed by atoms with Gasteiger partial charge in [0.05, 0.1) is 0 Å². The SMILES string of the molecule is CCc1cc(C(C)C)cc(C)c1N. The summed E-state index contributed by atoms with van der Waals surface area (Å²) in [5, 5.41) is 0. The highest BCUT2D eigenvalue weighted by Gasteiger charge is 2.05. The Balaban J connectivity index is 3.22. The molecule has 0 saturated heterocycles. The molecule has 13 heavy (non-hydrogen) atoms. The number of rotatable bonds is 2. The molecule has 1 heteroatoms. The zero-order valence-electron chi connectivity index (χ0n) is 9.02. The summed E-state index contributed by atoms with van der Waals surface area (Å²) in [6, 6.07) is 4.42. The number of anilines is 1. The van der Waals surface area contributed by atoms with Crippen LogP contribution in [0.2, 0.25) is 0 Å². The van der Waals surface area contributed by atoms with Crippen molar-refractivity contribution in [3.63, 3.8) is 0 Å². The molecular formula is C12H19N. The third kappa shape index (κ3) is 2.03. The minimum Gasteiger partial charge on any atom is -0.398 e. The second-order valence-corrected chi connectivity index (χ2v) is 3.92. The normalized spacial score (nSPS) is 10.8. The van der Waals surface area contributed by atoms with Crippen LogP contribution >= 0.6 is 0 Å². The molecule has 0 amide bonds. The molecular weight excluding hydrogens is 158 g/mol. The predicted octanol–water partition coefficient (Wildman–Crippen LogP) is 3.26. The Hall–Kier alpha value is -0.980. The molecule has 1 aromatic carbocycles. The first-order valence-corrected chi connectivity index (χ1v) is 4.95. The number of aryl methyl sites for hydroxylation is 2. The van der Waals surface area contributed by atoms with Crippen molar-refractivity contribution < 1.29 is 0 Å². The molecule has 0 fully saturated rings. The summed E-state index contributed by atoms with van der Waals surface area (Å²) in [5.74, 6) is 0.588. The first-order chi connectivity index (χ1) is 6.06. The van der Waals surface area contributed by atoms with E-state index in [9.17, 15) is 0 Å². The van der Waals surface area contributed by atoms with Crippen molar-refractivity contribution in [2.24, 2.45) is 0 Å². The van der Waals surface area contributed by atoms with Gasteiger partial charge in [-0.25, -0.2) is 0 Å². The molecule has 0 radical (unpaired) electrons. The van der Waals surface area contributed by atoms with Gasteiger partial charge in [0, 0.05) is 5.69 Å². The van der Waals surface area contributed by atoms with E-state index in [1.165, 1.54) is 16.7 Å². The van der Waals surface area contributed by atoms with E-state index < -0.39 is 0 Å². The second kappa shape index (κ2) is 3.82. The number of hydrogen-bond acceptors (Lipinski definition) is 1. The maximum absolute atomic E-state index is 5.96. The molecule has 1 aromatic rings. The summed E-state index contributed by atoms with van der Waals surface area (Å²) in [5.41, 5.74) is 10.8. The summed E-state index contributed by atoms with van der Waals surface area (Å²) in [4.78, 5) is 0. The fourth-order valence-electron chi connectivity index (χ4n) is 1.53. The van der Waals surface area contributed by atoms with Crippen LogP contribution in [-0.2, 0) is 6.42 Å². The van der Waals surface area contributed by atoms with E-state index in [1.54, 1.807) is 0 Å². The molecule has 0 aliphatic heterocycles. The van der Waals surface area contributed by atoms with Crippen LogP contribution < -0.4 is 5.73 Å². The van der Waals surface area contributed by atoms with Crippen LogP contribution in [0.25, 0.3) is 0 Å². The van der Waals surface area contributed by atoms with Gasteiger partial charge in [-0.1, -0.05) is 32.9 Å². The van der Waals surface area contributed by atoms with Gasteiger partial charge in [0.25, 0.3) is 0 Å². The summed E-state index contributed by atoms with van der Waals surface area (Å²) in [6.45, 7) is 8.66. The first kappa shape index (κ1) is 10.1. The highest BCUT2D eigenvalue weighted by molar-refractivity contribution is 5.55. The standard InChI is InChI=1S/C12H19N/c1-5-10-7-11(8(2)3)6-9(4)12(10)13/h6-8H,5,13H2,1-4H3. The molecule has 1 nitrogen and oxygen atoms in total. The zero-order chi connectivity index (χ0) is 10.0. The first-order valence-electron chi connectivity index (χ1n) is 4.95. The van der Waals surface area contributed by atoms with Crippen LogP contribution in [0, 0.1) is 6.92 Å². The third-order valence-corrected chi connectivity index (χ3v) is 2.54. The lowest BCUT2D eigenvalue weighted by Gasteiger charge is -2.12. The molecule has 0 aliphatic carbocycles. The molecule has 2 N–H and O–H groups in total. The lowest BCUT2D eigenvalue weighted by Crippen LogP contribution is -1.99. The van der Waals surface area contributed by atoms with Gasteiger partial charge in [-0.3, -0.25) is 0 Å².